The van der Waals surface area contributed by atoms with Gasteiger partial charge in [0.15, 0.2) is 11.6 Å². The number of H-pyrrole nitrogens is 1. The van der Waals surface area contributed by atoms with Crippen LogP contribution in [0, 0.1) is 6.92 Å². The highest BCUT2D eigenvalue weighted by atomic mass is 16.3. The fraction of sp³-hybridized carbons (Fsp3) is 0.364. The molecule has 0 radical (unpaired) electrons. The Morgan fingerprint density at radius 1 is 1.40 bits per heavy atom. The minimum Gasteiger partial charge on any atom is -0.458 e. The van der Waals surface area contributed by atoms with Crippen LogP contribution >= 0.6 is 0 Å². The highest BCUT2D eigenvalue weighted by Crippen LogP contribution is 2.21. The second kappa shape index (κ2) is 3.24. The van der Waals surface area contributed by atoms with E-state index in [1.807, 2.05) is 19.1 Å². The van der Waals surface area contributed by atoms with Gasteiger partial charge in [0, 0.05) is 19.5 Å². The number of nitrogens with one attached hydrogen (secondary N) is 2. The van der Waals surface area contributed by atoms with Crippen LogP contribution in [0.1, 0.15) is 17.1 Å². The Kier molecular flexibility index (Phi) is 1.89. The molecule has 0 saturated carbocycles. The molecule has 3 rings (SSSR count). The van der Waals surface area contributed by atoms with Crippen LogP contribution in [0.3, 0.4) is 0 Å². The molecule has 0 spiro atoms. The first-order valence-corrected chi connectivity index (χ1v) is 5.18. The SMILES string of the molecule is Cc1ccc(-c2nc3c([nH]2)CNCC3)o1. The van der Waals surface area contributed by atoms with E-state index in [1.165, 1.54) is 5.69 Å². The van der Waals surface area contributed by atoms with E-state index in [4.69, 9.17) is 4.42 Å². The molecule has 4 nitrogen and oxygen atoms in total. The Balaban J connectivity index is 2.02. The molecule has 0 bridgehead atoms. The summed E-state index contributed by atoms with van der Waals surface area (Å²) < 4.78 is 5.53. The summed E-state index contributed by atoms with van der Waals surface area (Å²) >= 11 is 0. The summed E-state index contributed by atoms with van der Waals surface area (Å²) in [5.41, 5.74) is 2.35. The normalized spacial score (nSPS) is 15.3. The van der Waals surface area contributed by atoms with Crippen molar-refractivity contribution < 1.29 is 4.42 Å². The van der Waals surface area contributed by atoms with Gasteiger partial charge < -0.3 is 14.7 Å². The number of aromatic amines is 1. The van der Waals surface area contributed by atoms with Gasteiger partial charge in [-0.05, 0) is 19.1 Å². The van der Waals surface area contributed by atoms with E-state index in [1.54, 1.807) is 0 Å². The van der Waals surface area contributed by atoms with Crippen molar-refractivity contribution >= 4 is 0 Å². The lowest BCUT2D eigenvalue weighted by atomic mass is 10.2. The summed E-state index contributed by atoms with van der Waals surface area (Å²) in [4.78, 5) is 7.84. The number of rotatable bonds is 1. The molecule has 78 valence electrons. The highest BCUT2D eigenvalue weighted by molar-refractivity contribution is 5.49. The average molecular weight is 203 g/mol. The van der Waals surface area contributed by atoms with Crippen molar-refractivity contribution in [1.82, 2.24) is 15.3 Å². The monoisotopic (exact) mass is 203 g/mol. The minimum atomic E-state index is 0.821. The van der Waals surface area contributed by atoms with Gasteiger partial charge in [0.25, 0.3) is 0 Å². The van der Waals surface area contributed by atoms with E-state index in [-0.39, 0.29) is 0 Å². The lowest BCUT2D eigenvalue weighted by molar-refractivity contribution is 0.544. The largest absolute Gasteiger partial charge is 0.458 e. The van der Waals surface area contributed by atoms with Crippen molar-refractivity contribution in [3.05, 3.63) is 29.3 Å². The maximum atomic E-state index is 5.53. The summed E-state index contributed by atoms with van der Waals surface area (Å²) in [7, 11) is 0. The number of hydrogen-bond donors (Lipinski definition) is 2. The first-order valence-electron chi connectivity index (χ1n) is 5.18. The molecule has 2 N–H and O–H groups in total. The highest BCUT2D eigenvalue weighted by Gasteiger charge is 2.15. The van der Waals surface area contributed by atoms with Gasteiger partial charge >= 0.3 is 0 Å². The smallest absolute Gasteiger partial charge is 0.174 e. The van der Waals surface area contributed by atoms with Crippen molar-refractivity contribution in [1.29, 1.82) is 0 Å². The quantitative estimate of drug-likeness (QED) is 0.740. The summed E-state index contributed by atoms with van der Waals surface area (Å²) in [6, 6.07) is 3.90. The number of fused-ring (bicyclic) bond motifs is 1. The van der Waals surface area contributed by atoms with Crippen molar-refractivity contribution in [3.63, 3.8) is 0 Å². The van der Waals surface area contributed by atoms with Gasteiger partial charge in [0.1, 0.15) is 5.76 Å². The van der Waals surface area contributed by atoms with Crippen molar-refractivity contribution in [2.75, 3.05) is 6.54 Å². The van der Waals surface area contributed by atoms with Gasteiger partial charge in [-0.2, -0.15) is 0 Å². The Morgan fingerprint density at radius 3 is 3.07 bits per heavy atom. The second-order valence-corrected chi connectivity index (χ2v) is 3.85. The van der Waals surface area contributed by atoms with Crippen LogP contribution in [0.4, 0.5) is 0 Å². The molecule has 0 atom stereocenters. The van der Waals surface area contributed by atoms with E-state index in [2.05, 4.69) is 15.3 Å². The van der Waals surface area contributed by atoms with E-state index >= 15 is 0 Å². The van der Waals surface area contributed by atoms with Crippen LogP contribution in [0.2, 0.25) is 0 Å². The van der Waals surface area contributed by atoms with E-state index < -0.39 is 0 Å². The number of hydrogen-bond acceptors (Lipinski definition) is 3. The molecule has 0 saturated heterocycles. The molecule has 1 aliphatic heterocycles. The molecule has 0 aliphatic carbocycles. The molecule has 2 aromatic rings. The lowest BCUT2D eigenvalue weighted by Crippen LogP contribution is -2.23. The Morgan fingerprint density at radius 2 is 2.33 bits per heavy atom. The Bertz CT molecular complexity index is 460. The number of aromatic nitrogens is 2. The van der Waals surface area contributed by atoms with Gasteiger partial charge in [0.2, 0.25) is 0 Å². The number of aryl methyl sites for hydroxylation is 1. The maximum absolute atomic E-state index is 5.53. The molecule has 2 aromatic heterocycles. The maximum Gasteiger partial charge on any atom is 0.174 e. The van der Waals surface area contributed by atoms with Crippen molar-refractivity contribution in [2.24, 2.45) is 0 Å². The fourth-order valence-corrected chi connectivity index (χ4v) is 1.90. The van der Waals surface area contributed by atoms with Gasteiger partial charge in [-0.25, -0.2) is 4.98 Å². The minimum absolute atomic E-state index is 0.821. The van der Waals surface area contributed by atoms with Gasteiger partial charge in [0.05, 0.1) is 11.4 Å². The van der Waals surface area contributed by atoms with Crippen molar-refractivity contribution in [3.8, 4) is 11.6 Å². The van der Waals surface area contributed by atoms with Crippen molar-refractivity contribution in [2.45, 2.75) is 19.9 Å². The average Bonchev–Trinajstić information content (AvgIpc) is 2.82. The van der Waals surface area contributed by atoms with Gasteiger partial charge in [-0.3, -0.25) is 0 Å². The zero-order valence-corrected chi connectivity index (χ0v) is 8.63. The van der Waals surface area contributed by atoms with Gasteiger partial charge in [-0.15, -0.1) is 0 Å². The third-order valence-corrected chi connectivity index (χ3v) is 2.68. The molecule has 4 heteroatoms. The third kappa shape index (κ3) is 1.47. The van der Waals surface area contributed by atoms with Crippen LogP contribution in [0.5, 0.6) is 0 Å². The second-order valence-electron chi connectivity index (χ2n) is 3.85. The topological polar surface area (TPSA) is 53.9 Å². The molecule has 3 heterocycles. The fourth-order valence-electron chi connectivity index (χ4n) is 1.90. The van der Waals surface area contributed by atoms with E-state index in [0.717, 1.165) is 42.5 Å². The predicted molar refractivity (Wildman–Crippen MR) is 56.4 cm³/mol. The third-order valence-electron chi connectivity index (χ3n) is 2.68. The summed E-state index contributed by atoms with van der Waals surface area (Å²) in [6.45, 7) is 3.82. The summed E-state index contributed by atoms with van der Waals surface area (Å²) in [6.07, 6.45) is 0.992. The molecule has 0 aromatic carbocycles. The van der Waals surface area contributed by atoms with Crippen LogP contribution in [0.25, 0.3) is 11.6 Å². The van der Waals surface area contributed by atoms with Crippen LogP contribution < -0.4 is 5.32 Å². The van der Waals surface area contributed by atoms with Crippen LogP contribution in [-0.2, 0) is 13.0 Å². The lowest BCUT2D eigenvalue weighted by Gasteiger charge is -2.09. The number of furan rings is 1. The summed E-state index contributed by atoms with van der Waals surface area (Å²) in [5, 5.41) is 3.31. The standard InChI is InChI=1S/C11H13N3O/c1-7-2-3-10(15-7)11-13-8-4-5-12-6-9(8)14-11/h2-3,12H,4-6H2,1H3,(H,13,14). The number of nitrogens with zero attached hydrogens (tertiary/aromatic N) is 1. The molecular formula is C11H13N3O. The molecule has 15 heavy (non-hydrogen) atoms. The van der Waals surface area contributed by atoms with E-state index in [0.29, 0.717) is 0 Å². The first kappa shape index (κ1) is 8.73. The molecule has 1 aliphatic rings. The molecule has 0 amide bonds. The first-order chi connectivity index (χ1) is 7.33. The predicted octanol–water partition coefficient (Wildman–Crippen LogP) is 1.62. The van der Waals surface area contributed by atoms with Crippen LogP contribution in [-0.4, -0.2) is 16.5 Å². The zero-order valence-electron chi connectivity index (χ0n) is 8.63. The van der Waals surface area contributed by atoms with Crippen LogP contribution in [0.15, 0.2) is 16.5 Å². The zero-order chi connectivity index (χ0) is 10.3. The summed E-state index contributed by atoms with van der Waals surface area (Å²) in [5.74, 6) is 2.58. The van der Waals surface area contributed by atoms with Gasteiger partial charge in [-0.1, -0.05) is 0 Å². The van der Waals surface area contributed by atoms with E-state index in [9.17, 15) is 0 Å². The molecular weight excluding hydrogens is 190 g/mol. The number of imidazole rings is 1. The molecule has 0 fully saturated rings. The Labute approximate surface area is 87.7 Å². The molecule has 0 unspecified atom stereocenters. The Hall–Kier alpha value is -1.55.